The molecule has 0 aliphatic carbocycles. The molecule has 0 spiro atoms. The maximum Gasteiger partial charge on any atom is 0.131 e. The second-order valence-electron chi connectivity index (χ2n) is 7.45. The fourth-order valence-electron chi connectivity index (χ4n) is 3.27. The molecular formula is C30H22O4. The lowest BCUT2D eigenvalue weighted by molar-refractivity contribution is 0.456. The molecule has 4 nitrogen and oxygen atoms in total. The van der Waals surface area contributed by atoms with Gasteiger partial charge in [-0.1, -0.05) is 42.5 Å². The first-order valence-electron chi connectivity index (χ1n) is 10.9. The summed E-state index contributed by atoms with van der Waals surface area (Å²) in [6.07, 6.45) is 0. The molecule has 0 atom stereocenters. The zero-order valence-electron chi connectivity index (χ0n) is 18.3. The lowest BCUT2D eigenvalue weighted by Gasteiger charge is -2.10. The lowest BCUT2D eigenvalue weighted by atomic mass is 10.3. The molecule has 0 unspecified atom stereocenters. The Balaban J connectivity index is 1.18. The molecule has 0 bridgehead atoms. The van der Waals surface area contributed by atoms with Crippen molar-refractivity contribution in [3.8, 4) is 46.0 Å². The van der Waals surface area contributed by atoms with E-state index in [0.29, 0.717) is 23.0 Å². The van der Waals surface area contributed by atoms with Gasteiger partial charge in [0.15, 0.2) is 0 Å². The molecular weight excluding hydrogens is 424 g/mol. The van der Waals surface area contributed by atoms with Crippen LogP contribution in [0.1, 0.15) is 0 Å². The van der Waals surface area contributed by atoms with Gasteiger partial charge in [-0.15, -0.1) is 0 Å². The van der Waals surface area contributed by atoms with Crippen molar-refractivity contribution in [1.82, 2.24) is 0 Å². The topological polar surface area (TPSA) is 36.9 Å². The van der Waals surface area contributed by atoms with Gasteiger partial charge in [-0.2, -0.15) is 0 Å². The summed E-state index contributed by atoms with van der Waals surface area (Å²) in [7, 11) is 0. The van der Waals surface area contributed by atoms with E-state index < -0.39 is 0 Å². The van der Waals surface area contributed by atoms with E-state index in [4.69, 9.17) is 18.9 Å². The molecule has 0 amide bonds. The summed E-state index contributed by atoms with van der Waals surface area (Å²) in [6, 6.07) is 41.9. The van der Waals surface area contributed by atoms with Crippen LogP contribution in [0.3, 0.4) is 0 Å². The monoisotopic (exact) mass is 446 g/mol. The Hall–Kier alpha value is -4.70. The van der Waals surface area contributed by atoms with Crippen LogP contribution in [0.5, 0.6) is 46.0 Å². The summed E-state index contributed by atoms with van der Waals surface area (Å²) in [6.45, 7) is 0. The van der Waals surface area contributed by atoms with E-state index >= 15 is 0 Å². The number of hydrogen-bond donors (Lipinski definition) is 0. The third-order valence-electron chi connectivity index (χ3n) is 4.88. The summed E-state index contributed by atoms with van der Waals surface area (Å²) >= 11 is 0. The molecule has 5 aromatic carbocycles. The fraction of sp³-hybridized carbons (Fsp3) is 0. The Morgan fingerprint density at radius 3 is 0.853 bits per heavy atom. The minimum atomic E-state index is 0.691. The molecule has 0 heterocycles. The number of rotatable bonds is 8. The molecule has 0 aliphatic rings. The van der Waals surface area contributed by atoms with Gasteiger partial charge >= 0.3 is 0 Å². The minimum Gasteiger partial charge on any atom is -0.457 e. The minimum absolute atomic E-state index is 0.691. The summed E-state index contributed by atoms with van der Waals surface area (Å²) in [5, 5.41) is 0. The van der Waals surface area contributed by atoms with E-state index in [2.05, 4.69) is 0 Å². The van der Waals surface area contributed by atoms with Gasteiger partial charge in [0.1, 0.15) is 46.0 Å². The van der Waals surface area contributed by atoms with Crippen LogP contribution in [0, 0.1) is 0 Å². The fourth-order valence-corrected chi connectivity index (χ4v) is 3.27. The van der Waals surface area contributed by atoms with Crippen molar-refractivity contribution in [2.24, 2.45) is 0 Å². The molecule has 4 heteroatoms. The van der Waals surface area contributed by atoms with Crippen LogP contribution in [-0.4, -0.2) is 0 Å². The van der Waals surface area contributed by atoms with E-state index in [-0.39, 0.29) is 0 Å². The smallest absolute Gasteiger partial charge is 0.131 e. The summed E-state index contributed by atoms with van der Waals surface area (Å²) in [5.41, 5.74) is 0. The van der Waals surface area contributed by atoms with Crippen molar-refractivity contribution < 1.29 is 18.9 Å². The highest BCUT2D eigenvalue weighted by molar-refractivity contribution is 5.42. The van der Waals surface area contributed by atoms with Crippen LogP contribution in [0.4, 0.5) is 0 Å². The van der Waals surface area contributed by atoms with Gasteiger partial charge in [-0.3, -0.25) is 0 Å². The highest BCUT2D eigenvalue weighted by Crippen LogP contribution is 2.31. The molecule has 0 fully saturated rings. The first-order chi connectivity index (χ1) is 16.8. The van der Waals surface area contributed by atoms with Gasteiger partial charge in [0, 0.05) is 6.07 Å². The van der Waals surface area contributed by atoms with Crippen LogP contribution in [-0.2, 0) is 0 Å². The predicted molar refractivity (Wildman–Crippen MR) is 133 cm³/mol. The molecule has 0 saturated carbocycles. The average Bonchev–Trinajstić information content (AvgIpc) is 2.88. The molecule has 5 rings (SSSR count). The highest BCUT2D eigenvalue weighted by atomic mass is 16.5. The standard InChI is InChI=1S/C30H22O4/c1-3-8-23(9-4-1)31-25-14-16-26(17-15-25)32-27-18-20-28(21-19-27)34-30-13-7-12-29(22-30)33-24-10-5-2-6-11-24/h1-22H. The van der Waals surface area contributed by atoms with Crippen molar-refractivity contribution in [3.05, 3.63) is 133 Å². The maximum absolute atomic E-state index is 5.98. The molecule has 0 N–H and O–H groups in total. The van der Waals surface area contributed by atoms with Crippen LogP contribution in [0.15, 0.2) is 133 Å². The van der Waals surface area contributed by atoms with E-state index in [1.165, 1.54) is 0 Å². The van der Waals surface area contributed by atoms with Crippen molar-refractivity contribution in [2.45, 2.75) is 0 Å². The Morgan fingerprint density at radius 1 is 0.235 bits per heavy atom. The normalized spacial score (nSPS) is 10.4. The molecule has 34 heavy (non-hydrogen) atoms. The van der Waals surface area contributed by atoms with Crippen molar-refractivity contribution in [1.29, 1.82) is 0 Å². The summed E-state index contributed by atoms with van der Waals surface area (Å²) < 4.78 is 23.6. The van der Waals surface area contributed by atoms with E-state index in [0.717, 1.165) is 23.0 Å². The Labute approximate surface area is 198 Å². The van der Waals surface area contributed by atoms with Crippen molar-refractivity contribution in [2.75, 3.05) is 0 Å². The molecule has 0 aliphatic heterocycles. The molecule has 0 saturated heterocycles. The molecule has 166 valence electrons. The Kier molecular flexibility index (Phi) is 6.40. The summed E-state index contributed by atoms with van der Waals surface area (Å²) in [5.74, 6) is 5.87. The van der Waals surface area contributed by atoms with Gasteiger partial charge < -0.3 is 18.9 Å². The second-order valence-corrected chi connectivity index (χ2v) is 7.45. The van der Waals surface area contributed by atoms with Crippen LogP contribution >= 0.6 is 0 Å². The quantitative estimate of drug-likeness (QED) is 0.238. The maximum atomic E-state index is 5.98. The van der Waals surface area contributed by atoms with Crippen LogP contribution in [0.2, 0.25) is 0 Å². The van der Waals surface area contributed by atoms with E-state index in [1.54, 1.807) is 0 Å². The zero-order valence-corrected chi connectivity index (χ0v) is 18.3. The largest absolute Gasteiger partial charge is 0.457 e. The number of benzene rings is 5. The summed E-state index contributed by atoms with van der Waals surface area (Å²) in [4.78, 5) is 0. The van der Waals surface area contributed by atoms with Gasteiger partial charge in [0.05, 0.1) is 0 Å². The molecule has 0 radical (unpaired) electrons. The van der Waals surface area contributed by atoms with Gasteiger partial charge in [0.25, 0.3) is 0 Å². The van der Waals surface area contributed by atoms with Crippen LogP contribution in [0.25, 0.3) is 0 Å². The van der Waals surface area contributed by atoms with E-state index in [1.807, 2.05) is 133 Å². The van der Waals surface area contributed by atoms with Gasteiger partial charge in [-0.25, -0.2) is 0 Å². The lowest BCUT2D eigenvalue weighted by Crippen LogP contribution is -1.88. The first kappa shape index (κ1) is 21.2. The number of ether oxygens (including phenoxy) is 4. The van der Waals surface area contributed by atoms with Gasteiger partial charge in [0.2, 0.25) is 0 Å². The SMILES string of the molecule is c1ccc(Oc2ccc(Oc3ccc(Oc4cccc(Oc5ccccc5)c4)cc3)cc2)cc1. The highest BCUT2D eigenvalue weighted by Gasteiger charge is 2.04. The Bertz CT molecular complexity index is 1320. The second kappa shape index (κ2) is 10.3. The third-order valence-corrected chi connectivity index (χ3v) is 4.88. The van der Waals surface area contributed by atoms with E-state index in [9.17, 15) is 0 Å². The molecule has 5 aromatic rings. The number of para-hydroxylation sites is 2. The zero-order chi connectivity index (χ0) is 23.0. The third kappa shape index (κ3) is 5.75. The van der Waals surface area contributed by atoms with Crippen molar-refractivity contribution in [3.63, 3.8) is 0 Å². The number of hydrogen-bond acceptors (Lipinski definition) is 4. The van der Waals surface area contributed by atoms with Crippen molar-refractivity contribution >= 4 is 0 Å². The Morgan fingerprint density at radius 2 is 0.500 bits per heavy atom. The van der Waals surface area contributed by atoms with Gasteiger partial charge in [-0.05, 0) is 84.9 Å². The van der Waals surface area contributed by atoms with Crippen LogP contribution < -0.4 is 18.9 Å². The first-order valence-corrected chi connectivity index (χ1v) is 10.9. The molecule has 0 aromatic heterocycles. The average molecular weight is 447 g/mol. The predicted octanol–water partition coefficient (Wildman–Crippen LogP) is 8.86.